The highest BCUT2D eigenvalue weighted by molar-refractivity contribution is 7.80. The molecule has 0 atom stereocenters. The molecule has 0 unspecified atom stereocenters. The molecule has 1 aromatic heterocycles. The molecule has 0 radical (unpaired) electrons. The van der Waals surface area contributed by atoms with Crippen LogP contribution in [0.25, 0.3) is 6.08 Å². The van der Waals surface area contributed by atoms with Crippen LogP contribution in [-0.4, -0.2) is 36.2 Å². The number of hydrogen-bond acceptors (Lipinski definition) is 5. The Morgan fingerprint density at radius 3 is 2.32 bits per heavy atom. The van der Waals surface area contributed by atoms with Crippen molar-refractivity contribution in [2.75, 3.05) is 12.9 Å². The number of aromatic nitrogens is 1. The monoisotopic (exact) mass is 321 g/mol. The van der Waals surface area contributed by atoms with Gasteiger partial charge in [0.2, 0.25) is 5.88 Å². The predicted octanol–water partition coefficient (Wildman–Crippen LogP) is 3.34. The first-order valence-electron chi connectivity index (χ1n) is 7.39. The van der Waals surface area contributed by atoms with Gasteiger partial charge in [-0.25, -0.2) is 4.98 Å². The molecule has 0 aliphatic carbocycles. The number of pyridine rings is 1. The number of rotatable bonds is 4. The minimum atomic E-state index is -0.385. The maximum absolute atomic E-state index is 6.09. The second-order valence-corrected chi connectivity index (χ2v) is 6.81. The molecule has 1 aromatic rings. The Labute approximate surface area is 138 Å². The molecule has 0 bridgehead atoms. The number of nitrogens with zero attached hydrogens (tertiary/aromatic N) is 1. The van der Waals surface area contributed by atoms with Gasteiger partial charge in [0.25, 0.3) is 0 Å². The van der Waals surface area contributed by atoms with Gasteiger partial charge in [-0.05, 0) is 51.7 Å². The largest absolute Gasteiger partial charge is 0.491 e. The lowest BCUT2D eigenvalue weighted by Gasteiger charge is -2.32. The van der Waals surface area contributed by atoms with Crippen molar-refractivity contribution in [1.82, 2.24) is 4.98 Å². The van der Waals surface area contributed by atoms with E-state index in [1.54, 1.807) is 7.11 Å². The average molecular weight is 321 g/mol. The highest BCUT2D eigenvalue weighted by Gasteiger charge is 2.52. The summed E-state index contributed by atoms with van der Waals surface area (Å²) < 4.78 is 17.3. The number of hydrogen-bond donors (Lipinski definition) is 1. The lowest BCUT2D eigenvalue weighted by molar-refractivity contribution is 0.00578. The molecule has 0 amide bonds. The first-order valence-corrected chi connectivity index (χ1v) is 8.02. The minimum absolute atomic E-state index is 0.354. The van der Waals surface area contributed by atoms with E-state index in [-0.39, 0.29) is 18.3 Å². The molecule has 0 spiro atoms. The van der Waals surface area contributed by atoms with E-state index < -0.39 is 0 Å². The van der Waals surface area contributed by atoms with Gasteiger partial charge in [0.05, 0.1) is 18.3 Å². The van der Waals surface area contributed by atoms with Crippen LogP contribution >= 0.6 is 12.6 Å². The first-order chi connectivity index (χ1) is 10.2. The highest BCUT2D eigenvalue weighted by atomic mass is 32.1. The van der Waals surface area contributed by atoms with Gasteiger partial charge in [-0.1, -0.05) is 6.08 Å². The molecule has 1 aliphatic heterocycles. The third-order valence-electron chi connectivity index (χ3n) is 4.39. The second-order valence-electron chi connectivity index (χ2n) is 6.49. The van der Waals surface area contributed by atoms with E-state index in [1.165, 1.54) is 0 Å². The molecule has 1 saturated heterocycles. The Bertz CT molecular complexity index is 571. The fourth-order valence-electron chi connectivity index (χ4n) is 2.20. The van der Waals surface area contributed by atoms with Gasteiger partial charge in [0, 0.05) is 17.5 Å². The zero-order valence-corrected chi connectivity index (χ0v) is 15.0. The van der Waals surface area contributed by atoms with Crippen LogP contribution in [0.2, 0.25) is 0 Å². The van der Waals surface area contributed by atoms with Gasteiger partial charge < -0.3 is 14.0 Å². The van der Waals surface area contributed by atoms with Crippen molar-refractivity contribution in [3.63, 3.8) is 0 Å². The summed E-state index contributed by atoms with van der Waals surface area (Å²) in [5, 5.41) is 0. The van der Waals surface area contributed by atoms with E-state index in [2.05, 4.69) is 17.6 Å². The average Bonchev–Trinajstić information content (AvgIpc) is 2.65. The number of aryl methyl sites for hydroxylation is 1. The third kappa shape index (κ3) is 3.34. The molecule has 2 heterocycles. The lowest BCUT2D eigenvalue weighted by atomic mass is 9.78. The molecule has 22 heavy (non-hydrogen) atoms. The summed E-state index contributed by atoms with van der Waals surface area (Å²) in [6, 6.07) is 3.83. The minimum Gasteiger partial charge on any atom is -0.481 e. The molecule has 120 valence electrons. The molecule has 1 fully saturated rings. The van der Waals surface area contributed by atoms with Crippen LogP contribution < -0.4 is 4.74 Å². The normalized spacial score (nSPS) is 20.3. The molecule has 1 aliphatic rings. The summed E-state index contributed by atoms with van der Waals surface area (Å²) in [6.45, 7) is 10.1. The maximum atomic E-state index is 6.09. The summed E-state index contributed by atoms with van der Waals surface area (Å²) in [6.07, 6.45) is 2.04. The van der Waals surface area contributed by atoms with Gasteiger partial charge in [-0.2, -0.15) is 12.6 Å². The van der Waals surface area contributed by atoms with E-state index in [1.807, 2.05) is 52.8 Å². The zero-order chi connectivity index (χ0) is 16.5. The SMILES string of the molecule is COc1ccc(C=C(CS)B2OC(C)(C)C(C)(C)O2)c(C)n1. The van der Waals surface area contributed by atoms with Crippen molar-refractivity contribution in [3.05, 3.63) is 28.9 Å². The van der Waals surface area contributed by atoms with E-state index in [0.717, 1.165) is 16.7 Å². The summed E-state index contributed by atoms with van der Waals surface area (Å²) in [4.78, 5) is 4.39. The second kappa shape index (κ2) is 6.26. The van der Waals surface area contributed by atoms with Gasteiger partial charge in [-0.15, -0.1) is 0 Å². The summed E-state index contributed by atoms with van der Waals surface area (Å²) in [5.74, 6) is 1.17. The van der Waals surface area contributed by atoms with Crippen LogP contribution in [0, 0.1) is 6.92 Å². The van der Waals surface area contributed by atoms with Crippen LogP contribution in [-0.2, 0) is 9.31 Å². The lowest BCUT2D eigenvalue weighted by Crippen LogP contribution is -2.41. The Balaban J connectivity index is 2.29. The summed E-state index contributed by atoms with van der Waals surface area (Å²) >= 11 is 4.43. The Morgan fingerprint density at radius 1 is 1.27 bits per heavy atom. The standard InChI is InChI=1S/C16H24BNO3S/c1-11-12(7-8-14(18-11)19-6)9-13(10-22)17-20-15(2,3)16(4,5)21-17/h7-9,22H,10H2,1-6H3. The van der Waals surface area contributed by atoms with Crippen molar-refractivity contribution in [3.8, 4) is 5.88 Å². The van der Waals surface area contributed by atoms with Crippen molar-refractivity contribution < 1.29 is 14.0 Å². The molecule has 2 rings (SSSR count). The van der Waals surface area contributed by atoms with Crippen molar-refractivity contribution in [1.29, 1.82) is 0 Å². The summed E-state index contributed by atoms with van der Waals surface area (Å²) in [5.41, 5.74) is 2.19. The Kier molecular flexibility index (Phi) is 4.95. The zero-order valence-electron chi connectivity index (χ0n) is 14.1. The molecule has 6 heteroatoms. The molecule has 4 nitrogen and oxygen atoms in total. The van der Waals surface area contributed by atoms with E-state index >= 15 is 0 Å². The molecule has 0 aromatic carbocycles. The van der Waals surface area contributed by atoms with Gasteiger partial charge in [0.1, 0.15) is 0 Å². The van der Waals surface area contributed by atoms with Crippen LogP contribution in [0.5, 0.6) is 5.88 Å². The first kappa shape index (κ1) is 17.4. The topological polar surface area (TPSA) is 40.6 Å². The van der Waals surface area contributed by atoms with E-state index in [4.69, 9.17) is 14.0 Å². The van der Waals surface area contributed by atoms with Crippen LogP contribution in [0.4, 0.5) is 0 Å². The number of methoxy groups -OCH3 is 1. The van der Waals surface area contributed by atoms with Crippen LogP contribution in [0.3, 0.4) is 0 Å². The molecular formula is C16H24BNO3S. The quantitative estimate of drug-likeness (QED) is 0.682. The van der Waals surface area contributed by atoms with Crippen LogP contribution in [0.15, 0.2) is 17.6 Å². The predicted molar refractivity (Wildman–Crippen MR) is 93.4 cm³/mol. The van der Waals surface area contributed by atoms with Crippen molar-refractivity contribution >= 4 is 25.8 Å². The number of ether oxygens (including phenoxy) is 1. The fraction of sp³-hybridized carbons (Fsp3) is 0.562. The molecular weight excluding hydrogens is 297 g/mol. The molecule has 0 N–H and O–H groups in total. The fourth-order valence-corrected chi connectivity index (χ4v) is 2.44. The van der Waals surface area contributed by atoms with Gasteiger partial charge >= 0.3 is 7.12 Å². The highest BCUT2D eigenvalue weighted by Crippen LogP contribution is 2.39. The van der Waals surface area contributed by atoms with Gasteiger partial charge in [0.15, 0.2) is 0 Å². The number of thiol groups is 1. The molecule has 0 saturated carbocycles. The smallest absolute Gasteiger partial charge is 0.481 e. The third-order valence-corrected chi connectivity index (χ3v) is 4.75. The van der Waals surface area contributed by atoms with Gasteiger partial charge in [-0.3, -0.25) is 0 Å². The Morgan fingerprint density at radius 2 is 1.86 bits per heavy atom. The van der Waals surface area contributed by atoms with E-state index in [0.29, 0.717) is 11.6 Å². The van der Waals surface area contributed by atoms with Crippen LogP contribution in [0.1, 0.15) is 39.0 Å². The van der Waals surface area contributed by atoms with Crippen molar-refractivity contribution in [2.45, 2.75) is 45.8 Å². The van der Waals surface area contributed by atoms with E-state index in [9.17, 15) is 0 Å². The van der Waals surface area contributed by atoms with Crippen molar-refractivity contribution in [2.24, 2.45) is 0 Å². The Hall–Kier alpha value is -0.975. The summed E-state index contributed by atoms with van der Waals surface area (Å²) in [7, 11) is 1.23. The maximum Gasteiger partial charge on any atom is 0.491 e.